The van der Waals surface area contributed by atoms with Gasteiger partial charge in [0.15, 0.2) is 0 Å². The van der Waals surface area contributed by atoms with E-state index >= 15 is 0 Å². The average molecular weight is 797 g/mol. The fourth-order valence-electron chi connectivity index (χ4n) is 10.6. The lowest BCUT2D eigenvalue weighted by Gasteiger charge is -2.33. The van der Waals surface area contributed by atoms with Crippen LogP contribution in [0.4, 0.5) is 34.1 Å². The lowest BCUT2D eigenvalue weighted by molar-refractivity contribution is 0.669. The van der Waals surface area contributed by atoms with Crippen LogP contribution >= 0.6 is 0 Å². The lowest BCUT2D eigenvalue weighted by Crippen LogP contribution is -2.26. The number of para-hydroxylation sites is 4. The molecule has 10 aromatic rings. The van der Waals surface area contributed by atoms with E-state index < -0.39 is 5.41 Å². The number of furan rings is 1. The molecule has 2 aliphatic carbocycles. The molecule has 296 valence electrons. The number of benzene rings is 9. The van der Waals surface area contributed by atoms with Gasteiger partial charge in [0.05, 0.1) is 16.5 Å². The van der Waals surface area contributed by atoms with E-state index in [1.165, 1.54) is 57.3 Å². The van der Waals surface area contributed by atoms with E-state index in [2.05, 4.69) is 229 Å². The fourth-order valence-corrected chi connectivity index (χ4v) is 10.6. The van der Waals surface area contributed by atoms with Gasteiger partial charge in [-0.2, -0.15) is 0 Å². The van der Waals surface area contributed by atoms with E-state index in [0.717, 1.165) is 68.0 Å². The van der Waals surface area contributed by atoms with Crippen LogP contribution in [-0.2, 0) is 11.8 Å². The number of rotatable bonds is 9. The van der Waals surface area contributed by atoms with Crippen molar-refractivity contribution < 1.29 is 4.42 Å². The standard InChI is InChI=1S/C59H44N2O/c1-2-3-19-40-32-34-44(35-33-40)60(41-20-7-4-8-21-41)45-36-37-48-52(38-45)59(50-29-16-13-26-46(50)47-27-14-17-30-51(47)59)53-39-54(57-49-28-15-18-31-55(49)62-58(57)56(48)53)61(42-22-9-5-10-23-42)43-24-11-6-12-25-43/h4-18,20-39H,2-3,19H2,1H3. The van der Waals surface area contributed by atoms with Crippen LogP contribution in [0.25, 0.3) is 44.2 Å². The second-order valence-corrected chi connectivity index (χ2v) is 16.6. The predicted molar refractivity (Wildman–Crippen MR) is 258 cm³/mol. The molecule has 0 N–H and O–H groups in total. The first-order valence-electron chi connectivity index (χ1n) is 21.9. The van der Waals surface area contributed by atoms with Crippen LogP contribution in [0, 0.1) is 0 Å². The lowest BCUT2D eigenvalue weighted by atomic mass is 9.70. The van der Waals surface area contributed by atoms with Gasteiger partial charge in [-0.1, -0.05) is 153 Å². The Labute approximate surface area is 362 Å². The molecular weight excluding hydrogens is 753 g/mol. The molecule has 0 saturated carbocycles. The maximum absolute atomic E-state index is 7.21. The van der Waals surface area contributed by atoms with Gasteiger partial charge in [-0.3, -0.25) is 0 Å². The minimum atomic E-state index is -0.638. The first-order valence-corrected chi connectivity index (χ1v) is 21.9. The summed E-state index contributed by atoms with van der Waals surface area (Å²) in [5, 5.41) is 2.20. The highest BCUT2D eigenvalue weighted by atomic mass is 16.3. The number of fused-ring (bicyclic) bond motifs is 14. The topological polar surface area (TPSA) is 19.6 Å². The van der Waals surface area contributed by atoms with Crippen LogP contribution < -0.4 is 9.80 Å². The summed E-state index contributed by atoms with van der Waals surface area (Å²) in [5.41, 5.74) is 19.1. The summed E-state index contributed by atoms with van der Waals surface area (Å²) in [5.74, 6) is 0. The van der Waals surface area contributed by atoms with Crippen molar-refractivity contribution in [2.24, 2.45) is 0 Å². The fraction of sp³-hybridized carbons (Fsp3) is 0.0847. The Morgan fingerprint density at radius 2 is 0.968 bits per heavy atom. The van der Waals surface area contributed by atoms with Gasteiger partial charge in [0.25, 0.3) is 0 Å². The van der Waals surface area contributed by atoms with Crippen LogP contribution in [0.15, 0.2) is 217 Å². The van der Waals surface area contributed by atoms with Crippen LogP contribution in [-0.4, -0.2) is 0 Å². The Kier molecular flexibility index (Phi) is 8.50. The molecule has 3 nitrogen and oxygen atoms in total. The number of aryl methyl sites for hydroxylation is 1. The quantitative estimate of drug-likeness (QED) is 0.145. The Bertz CT molecular complexity index is 3190. The van der Waals surface area contributed by atoms with Crippen molar-refractivity contribution in [2.45, 2.75) is 31.6 Å². The molecule has 2 aliphatic rings. The smallest absolute Gasteiger partial charge is 0.145 e. The third kappa shape index (κ3) is 5.38. The molecule has 0 saturated heterocycles. The largest absolute Gasteiger partial charge is 0.455 e. The number of nitrogens with zero attached hydrogens (tertiary/aromatic N) is 2. The molecule has 1 aromatic heterocycles. The highest BCUT2D eigenvalue weighted by molar-refractivity contribution is 6.20. The van der Waals surface area contributed by atoms with Crippen molar-refractivity contribution in [3.8, 4) is 22.3 Å². The zero-order valence-corrected chi connectivity index (χ0v) is 34.6. The minimum Gasteiger partial charge on any atom is -0.455 e. The second-order valence-electron chi connectivity index (χ2n) is 16.6. The molecule has 0 bridgehead atoms. The summed E-state index contributed by atoms with van der Waals surface area (Å²) in [6.07, 6.45) is 3.46. The Morgan fingerprint density at radius 3 is 1.60 bits per heavy atom. The maximum Gasteiger partial charge on any atom is 0.145 e. The molecule has 0 unspecified atom stereocenters. The summed E-state index contributed by atoms with van der Waals surface area (Å²) in [7, 11) is 0. The van der Waals surface area contributed by atoms with Gasteiger partial charge >= 0.3 is 0 Å². The minimum absolute atomic E-state index is 0.638. The molecule has 1 heterocycles. The van der Waals surface area contributed by atoms with Gasteiger partial charge in [-0.15, -0.1) is 0 Å². The molecule has 0 atom stereocenters. The van der Waals surface area contributed by atoms with Crippen molar-refractivity contribution in [1.82, 2.24) is 0 Å². The van der Waals surface area contributed by atoms with Gasteiger partial charge in [0, 0.05) is 39.4 Å². The Hall–Kier alpha value is -7.62. The van der Waals surface area contributed by atoms with Crippen molar-refractivity contribution in [1.29, 1.82) is 0 Å². The zero-order chi connectivity index (χ0) is 41.2. The van der Waals surface area contributed by atoms with Crippen molar-refractivity contribution in [3.05, 3.63) is 240 Å². The van der Waals surface area contributed by atoms with Crippen molar-refractivity contribution in [3.63, 3.8) is 0 Å². The highest BCUT2D eigenvalue weighted by Crippen LogP contribution is 2.66. The maximum atomic E-state index is 7.21. The highest BCUT2D eigenvalue weighted by Gasteiger charge is 2.53. The van der Waals surface area contributed by atoms with Crippen LogP contribution in [0.3, 0.4) is 0 Å². The van der Waals surface area contributed by atoms with Crippen LogP contribution in [0.2, 0.25) is 0 Å². The van der Waals surface area contributed by atoms with E-state index in [1.54, 1.807) is 0 Å². The van der Waals surface area contributed by atoms with Crippen molar-refractivity contribution >= 4 is 56.1 Å². The van der Waals surface area contributed by atoms with Gasteiger partial charge in [-0.05, 0) is 130 Å². The van der Waals surface area contributed by atoms with Crippen LogP contribution in [0.1, 0.15) is 47.6 Å². The number of anilines is 6. The summed E-state index contributed by atoms with van der Waals surface area (Å²) in [6, 6.07) is 77.9. The normalized spacial score (nSPS) is 12.9. The SMILES string of the molecule is CCCCc1ccc(N(c2ccccc2)c2ccc3c(c2)C2(c4ccccc4-c4ccccc42)c2cc(N(c4ccccc4)c4ccccc4)c4c(oc5ccccc54)c2-3)cc1. The molecule has 12 rings (SSSR count). The second kappa shape index (κ2) is 14.5. The molecule has 0 aliphatic heterocycles. The summed E-state index contributed by atoms with van der Waals surface area (Å²) in [6.45, 7) is 2.26. The van der Waals surface area contributed by atoms with Crippen molar-refractivity contribution in [2.75, 3.05) is 9.80 Å². The van der Waals surface area contributed by atoms with Gasteiger partial charge < -0.3 is 14.2 Å². The average Bonchev–Trinajstić information content (AvgIpc) is 3.97. The van der Waals surface area contributed by atoms with E-state index in [-0.39, 0.29) is 0 Å². The van der Waals surface area contributed by atoms with E-state index in [4.69, 9.17) is 4.42 Å². The first kappa shape index (κ1) is 36.2. The Balaban J connectivity index is 1.20. The van der Waals surface area contributed by atoms with E-state index in [0.29, 0.717) is 0 Å². The van der Waals surface area contributed by atoms with E-state index in [1.807, 2.05) is 0 Å². The first-order chi connectivity index (χ1) is 30.7. The number of hydrogen-bond acceptors (Lipinski definition) is 3. The molecule has 9 aromatic carbocycles. The summed E-state index contributed by atoms with van der Waals surface area (Å²) >= 11 is 0. The third-order valence-corrected chi connectivity index (χ3v) is 13.2. The number of unbranched alkanes of at least 4 members (excludes halogenated alkanes) is 1. The number of hydrogen-bond donors (Lipinski definition) is 0. The molecule has 3 heteroatoms. The third-order valence-electron chi connectivity index (χ3n) is 13.2. The van der Waals surface area contributed by atoms with Gasteiger partial charge in [0.2, 0.25) is 0 Å². The van der Waals surface area contributed by atoms with Gasteiger partial charge in [-0.25, -0.2) is 0 Å². The zero-order valence-electron chi connectivity index (χ0n) is 34.6. The molecular formula is C59H44N2O. The summed E-state index contributed by atoms with van der Waals surface area (Å²) in [4.78, 5) is 4.84. The van der Waals surface area contributed by atoms with Gasteiger partial charge in [0.1, 0.15) is 11.2 Å². The van der Waals surface area contributed by atoms with E-state index in [9.17, 15) is 0 Å². The summed E-state index contributed by atoms with van der Waals surface area (Å²) < 4.78 is 7.21. The molecule has 1 spiro atoms. The molecule has 0 fully saturated rings. The molecule has 0 amide bonds. The Morgan fingerprint density at radius 1 is 0.435 bits per heavy atom. The monoisotopic (exact) mass is 796 g/mol. The molecule has 62 heavy (non-hydrogen) atoms. The van der Waals surface area contributed by atoms with Crippen LogP contribution in [0.5, 0.6) is 0 Å². The predicted octanol–water partition coefficient (Wildman–Crippen LogP) is 16.2. The molecule has 0 radical (unpaired) electrons.